The van der Waals surface area contributed by atoms with Gasteiger partial charge in [0.25, 0.3) is 5.91 Å². The van der Waals surface area contributed by atoms with E-state index in [1.165, 1.54) is 6.20 Å². The molecular weight excluding hydrogens is 250 g/mol. The van der Waals surface area contributed by atoms with Crippen LogP contribution in [-0.4, -0.2) is 23.3 Å². The molecule has 5 heteroatoms. The monoisotopic (exact) mass is 265 g/mol. The molecule has 0 aliphatic heterocycles. The Morgan fingerprint density at radius 3 is 2.94 bits per heavy atom. The third-order valence-electron chi connectivity index (χ3n) is 2.55. The number of pyridine rings is 1. The number of carbonyl (C=O) groups is 1. The molecule has 0 saturated heterocycles. The molecule has 1 aromatic heterocycles. The molecule has 1 unspecified atom stereocenters. The maximum absolute atomic E-state index is 11.7. The largest absolute Gasteiger partial charge is 0.351 e. The highest BCUT2D eigenvalue weighted by molar-refractivity contribution is 6.18. The molecule has 0 radical (unpaired) electrons. The van der Waals surface area contributed by atoms with E-state index in [2.05, 4.69) is 17.2 Å². The van der Waals surface area contributed by atoms with E-state index in [1.807, 2.05) is 6.07 Å². The minimum absolute atomic E-state index is 0.210. The second-order valence-corrected chi connectivity index (χ2v) is 4.51. The predicted molar refractivity (Wildman–Crippen MR) is 70.4 cm³/mol. The van der Waals surface area contributed by atoms with E-state index < -0.39 is 0 Å². The number of hydrogen-bond donors (Lipinski definition) is 1. The number of aromatic nitrogens is 1. The van der Waals surface area contributed by atoms with Gasteiger partial charge in [0.1, 0.15) is 11.8 Å². The lowest BCUT2D eigenvalue weighted by atomic mass is 10.1. The maximum atomic E-state index is 11.7. The van der Waals surface area contributed by atoms with Gasteiger partial charge in [-0.2, -0.15) is 5.26 Å². The Balaban J connectivity index is 2.34. The summed E-state index contributed by atoms with van der Waals surface area (Å²) in [5, 5.41) is 11.4. The van der Waals surface area contributed by atoms with E-state index in [9.17, 15) is 4.79 Å². The normalized spacial score (nSPS) is 11.6. The van der Waals surface area contributed by atoms with Gasteiger partial charge >= 0.3 is 0 Å². The van der Waals surface area contributed by atoms with Crippen molar-refractivity contribution < 1.29 is 4.79 Å². The van der Waals surface area contributed by atoms with Crippen molar-refractivity contribution in [2.75, 3.05) is 12.4 Å². The predicted octanol–water partition coefficient (Wildman–Crippen LogP) is 2.34. The van der Waals surface area contributed by atoms with E-state index in [-0.39, 0.29) is 5.91 Å². The van der Waals surface area contributed by atoms with Crippen LogP contribution in [-0.2, 0) is 0 Å². The van der Waals surface area contributed by atoms with E-state index in [1.54, 1.807) is 12.1 Å². The Morgan fingerprint density at radius 2 is 2.39 bits per heavy atom. The second-order valence-electron chi connectivity index (χ2n) is 4.20. The Hall–Kier alpha value is -1.60. The van der Waals surface area contributed by atoms with Crippen molar-refractivity contribution in [3.63, 3.8) is 0 Å². The highest BCUT2D eigenvalue weighted by Gasteiger charge is 2.06. The summed E-state index contributed by atoms with van der Waals surface area (Å²) in [5.74, 6) is 0.903. The van der Waals surface area contributed by atoms with Gasteiger partial charge in [0.2, 0.25) is 0 Å². The van der Waals surface area contributed by atoms with Gasteiger partial charge in [-0.3, -0.25) is 4.79 Å². The molecule has 1 N–H and O–H groups in total. The first-order valence-electron chi connectivity index (χ1n) is 5.87. The lowest BCUT2D eigenvalue weighted by Crippen LogP contribution is -2.25. The average Bonchev–Trinajstić information content (AvgIpc) is 2.43. The summed E-state index contributed by atoms with van der Waals surface area (Å²) in [6.07, 6.45) is 3.28. The molecule has 0 spiro atoms. The number of hydrogen-bond acceptors (Lipinski definition) is 3. The van der Waals surface area contributed by atoms with Crippen LogP contribution in [0.15, 0.2) is 18.3 Å². The molecule has 4 nitrogen and oxygen atoms in total. The lowest BCUT2D eigenvalue weighted by molar-refractivity contribution is 0.0947. The van der Waals surface area contributed by atoms with Crippen LogP contribution in [0.4, 0.5) is 0 Å². The Kier molecular flexibility index (Phi) is 6.16. The zero-order valence-corrected chi connectivity index (χ0v) is 11.1. The summed E-state index contributed by atoms with van der Waals surface area (Å²) in [6.45, 7) is 2.69. The quantitative estimate of drug-likeness (QED) is 0.634. The van der Waals surface area contributed by atoms with Crippen molar-refractivity contribution in [2.24, 2.45) is 5.92 Å². The molecule has 96 valence electrons. The molecule has 1 atom stereocenters. The van der Waals surface area contributed by atoms with Gasteiger partial charge in [-0.1, -0.05) is 6.92 Å². The van der Waals surface area contributed by atoms with Gasteiger partial charge in [0.05, 0.1) is 5.56 Å². The fourth-order valence-corrected chi connectivity index (χ4v) is 1.57. The average molecular weight is 266 g/mol. The Morgan fingerprint density at radius 1 is 1.61 bits per heavy atom. The molecule has 1 rings (SSSR count). The zero-order valence-electron chi connectivity index (χ0n) is 10.3. The number of nitrogens with one attached hydrogen (secondary N) is 1. The van der Waals surface area contributed by atoms with Crippen LogP contribution in [0.25, 0.3) is 0 Å². The van der Waals surface area contributed by atoms with Gasteiger partial charge < -0.3 is 5.32 Å². The minimum atomic E-state index is -0.210. The van der Waals surface area contributed by atoms with Crippen LogP contribution in [0.5, 0.6) is 0 Å². The van der Waals surface area contributed by atoms with Crippen LogP contribution >= 0.6 is 11.6 Å². The topological polar surface area (TPSA) is 65.8 Å². The van der Waals surface area contributed by atoms with Crippen molar-refractivity contribution in [1.29, 1.82) is 5.26 Å². The highest BCUT2D eigenvalue weighted by Crippen LogP contribution is 2.06. The smallest absolute Gasteiger partial charge is 0.269 e. The summed E-state index contributed by atoms with van der Waals surface area (Å²) in [7, 11) is 0. The molecule has 1 heterocycles. The number of amides is 1. The molecule has 0 aliphatic rings. The molecule has 0 saturated carbocycles. The van der Waals surface area contributed by atoms with E-state index in [4.69, 9.17) is 16.9 Å². The third kappa shape index (κ3) is 4.72. The molecule has 1 aromatic rings. The molecule has 0 bridgehead atoms. The molecular formula is C13H16ClN3O. The fraction of sp³-hybridized carbons (Fsp3) is 0.462. The first-order chi connectivity index (χ1) is 8.67. The summed E-state index contributed by atoms with van der Waals surface area (Å²) in [5.41, 5.74) is 0.780. The van der Waals surface area contributed by atoms with Gasteiger partial charge in [-0.15, -0.1) is 11.6 Å². The van der Waals surface area contributed by atoms with Crippen LogP contribution in [0.1, 0.15) is 35.8 Å². The Bertz CT molecular complexity index is 425. The maximum Gasteiger partial charge on any atom is 0.269 e. The van der Waals surface area contributed by atoms with Gasteiger partial charge in [0, 0.05) is 18.6 Å². The minimum Gasteiger partial charge on any atom is -0.351 e. The summed E-state index contributed by atoms with van der Waals surface area (Å²) in [4.78, 5) is 15.6. The van der Waals surface area contributed by atoms with E-state index in [0.717, 1.165) is 12.8 Å². The van der Waals surface area contributed by atoms with Gasteiger partial charge in [-0.25, -0.2) is 4.98 Å². The lowest BCUT2D eigenvalue weighted by Gasteiger charge is -2.07. The third-order valence-corrected chi connectivity index (χ3v) is 3.07. The standard InChI is InChI=1S/C13H16ClN3O/c1-10(7-14)3-2-6-16-13(18)12-5-4-11(8-15)9-17-12/h4-5,9-10H,2-3,6-7H2,1H3,(H,16,18). The number of nitriles is 1. The summed E-state index contributed by atoms with van der Waals surface area (Å²) in [6, 6.07) is 5.09. The fourth-order valence-electron chi connectivity index (χ4n) is 1.41. The van der Waals surface area contributed by atoms with Gasteiger partial charge in [-0.05, 0) is 30.9 Å². The number of alkyl halides is 1. The molecule has 0 fully saturated rings. The molecule has 0 aromatic carbocycles. The molecule has 18 heavy (non-hydrogen) atoms. The Labute approximate surface area is 112 Å². The summed E-state index contributed by atoms with van der Waals surface area (Å²) < 4.78 is 0. The second kappa shape index (κ2) is 7.67. The first kappa shape index (κ1) is 14.5. The number of rotatable bonds is 6. The van der Waals surface area contributed by atoms with Crippen LogP contribution < -0.4 is 5.32 Å². The number of carbonyl (C=O) groups excluding carboxylic acids is 1. The van der Waals surface area contributed by atoms with Crippen LogP contribution in [0.3, 0.4) is 0 Å². The van der Waals surface area contributed by atoms with Crippen LogP contribution in [0.2, 0.25) is 0 Å². The first-order valence-corrected chi connectivity index (χ1v) is 6.41. The van der Waals surface area contributed by atoms with Crippen molar-refractivity contribution in [2.45, 2.75) is 19.8 Å². The van der Waals surface area contributed by atoms with Crippen molar-refractivity contribution in [1.82, 2.24) is 10.3 Å². The van der Waals surface area contributed by atoms with Crippen LogP contribution in [0, 0.1) is 17.2 Å². The number of nitrogens with zero attached hydrogens (tertiary/aromatic N) is 2. The van der Waals surface area contributed by atoms with E-state index in [0.29, 0.717) is 29.6 Å². The molecule has 1 amide bonds. The van der Waals surface area contributed by atoms with E-state index >= 15 is 0 Å². The van der Waals surface area contributed by atoms with Gasteiger partial charge in [0.15, 0.2) is 0 Å². The summed E-state index contributed by atoms with van der Waals surface area (Å²) >= 11 is 5.69. The number of halogens is 1. The zero-order chi connectivity index (χ0) is 13.4. The highest BCUT2D eigenvalue weighted by atomic mass is 35.5. The van der Waals surface area contributed by atoms with Crippen molar-refractivity contribution in [3.05, 3.63) is 29.6 Å². The van der Waals surface area contributed by atoms with Crippen molar-refractivity contribution >= 4 is 17.5 Å². The SMILES string of the molecule is CC(CCl)CCCNC(=O)c1ccc(C#N)cn1. The van der Waals surface area contributed by atoms with Crippen molar-refractivity contribution in [3.8, 4) is 6.07 Å². The molecule has 0 aliphatic carbocycles.